The van der Waals surface area contributed by atoms with Crippen LogP contribution in [0, 0.1) is 22.7 Å². The molecule has 102 valence electrons. The SMILES string of the molecule is N#Cc1ccc(Nc2c(N)cccc2C(N)=O)cc1C#N. The molecule has 21 heavy (non-hydrogen) atoms. The van der Waals surface area contributed by atoms with E-state index in [-0.39, 0.29) is 16.7 Å². The van der Waals surface area contributed by atoms with Gasteiger partial charge in [-0.3, -0.25) is 4.79 Å². The molecule has 6 nitrogen and oxygen atoms in total. The normalized spacial score (nSPS) is 9.43. The summed E-state index contributed by atoms with van der Waals surface area (Å²) in [6, 6.07) is 13.3. The lowest BCUT2D eigenvalue weighted by molar-refractivity contribution is 0.100. The second kappa shape index (κ2) is 5.64. The first-order chi connectivity index (χ1) is 10.1. The highest BCUT2D eigenvalue weighted by Crippen LogP contribution is 2.28. The van der Waals surface area contributed by atoms with Crippen molar-refractivity contribution >= 4 is 23.0 Å². The first kappa shape index (κ1) is 13.9. The molecule has 0 aliphatic carbocycles. The molecule has 1 amide bonds. The van der Waals surface area contributed by atoms with Gasteiger partial charge in [-0.05, 0) is 30.3 Å². The Balaban J connectivity index is 2.47. The van der Waals surface area contributed by atoms with E-state index in [1.165, 1.54) is 12.1 Å². The Kier molecular flexibility index (Phi) is 3.74. The van der Waals surface area contributed by atoms with Crippen molar-refractivity contribution in [2.75, 3.05) is 11.1 Å². The molecule has 0 saturated heterocycles. The Hall–Kier alpha value is -3.51. The number of nitrogens with two attached hydrogens (primary N) is 2. The average molecular weight is 277 g/mol. The molecule has 0 fully saturated rings. The number of nitriles is 2. The van der Waals surface area contributed by atoms with Crippen molar-refractivity contribution in [2.45, 2.75) is 0 Å². The lowest BCUT2D eigenvalue weighted by Crippen LogP contribution is -2.14. The predicted molar refractivity (Wildman–Crippen MR) is 78.5 cm³/mol. The van der Waals surface area contributed by atoms with Gasteiger partial charge >= 0.3 is 0 Å². The van der Waals surface area contributed by atoms with Gasteiger partial charge in [-0.25, -0.2) is 0 Å². The fourth-order valence-corrected chi connectivity index (χ4v) is 1.87. The van der Waals surface area contributed by atoms with Gasteiger partial charge in [0.05, 0.1) is 28.1 Å². The zero-order valence-electron chi connectivity index (χ0n) is 10.9. The summed E-state index contributed by atoms with van der Waals surface area (Å²) in [5.41, 5.74) is 13.2. The summed E-state index contributed by atoms with van der Waals surface area (Å²) in [6.07, 6.45) is 0. The van der Waals surface area contributed by atoms with Crippen LogP contribution in [0.25, 0.3) is 0 Å². The number of nitrogens with one attached hydrogen (secondary N) is 1. The summed E-state index contributed by atoms with van der Waals surface area (Å²) in [6.45, 7) is 0. The van der Waals surface area contributed by atoms with Crippen LogP contribution in [0.1, 0.15) is 21.5 Å². The summed E-state index contributed by atoms with van der Waals surface area (Å²) >= 11 is 0. The molecule has 0 atom stereocenters. The number of primary amides is 1. The average Bonchev–Trinajstić information content (AvgIpc) is 2.48. The quantitative estimate of drug-likeness (QED) is 0.737. The first-order valence-electron chi connectivity index (χ1n) is 5.96. The van der Waals surface area contributed by atoms with Crippen LogP contribution < -0.4 is 16.8 Å². The monoisotopic (exact) mass is 277 g/mol. The molecule has 0 spiro atoms. The number of rotatable bonds is 3. The van der Waals surface area contributed by atoms with Crippen LogP contribution in [-0.4, -0.2) is 5.91 Å². The number of nitrogen functional groups attached to an aromatic ring is 1. The number of carbonyl (C=O) groups excluding carboxylic acids is 1. The van der Waals surface area contributed by atoms with E-state index in [0.29, 0.717) is 17.1 Å². The van der Waals surface area contributed by atoms with Crippen molar-refractivity contribution in [1.29, 1.82) is 10.5 Å². The number of hydrogen-bond donors (Lipinski definition) is 3. The van der Waals surface area contributed by atoms with E-state index in [9.17, 15) is 4.79 Å². The smallest absolute Gasteiger partial charge is 0.250 e. The lowest BCUT2D eigenvalue weighted by Gasteiger charge is -2.13. The summed E-state index contributed by atoms with van der Waals surface area (Å²) in [5.74, 6) is -0.612. The molecule has 0 bridgehead atoms. The highest BCUT2D eigenvalue weighted by molar-refractivity contribution is 6.02. The fourth-order valence-electron chi connectivity index (χ4n) is 1.87. The predicted octanol–water partition coefficient (Wildman–Crippen LogP) is 1.85. The van der Waals surface area contributed by atoms with Crippen molar-refractivity contribution < 1.29 is 4.79 Å². The standard InChI is InChI=1S/C15H11N5O/c16-7-9-4-5-11(6-10(9)8-17)20-14-12(15(19)21)2-1-3-13(14)18/h1-6,20H,18H2,(H2,19,21). The molecular formula is C15H11N5O. The summed E-state index contributed by atoms with van der Waals surface area (Å²) in [4.78, 5) is 11.4. The Bertz CT molecular complexity index is 799. The number of carbonyl (C=O) groups is 1. The zero-order valence-corrected chi connectivity index (χ0v) is 10.9. The van der Waals surface area contributed by atoms with E-state index < -0.39 is 5.91 Å². The molecule has 0 heterocycles. The van der Waals surface area contributed by atoms with Gasteiger partial charge in [-0.2, -0.15) is 10.5 Å². The van der Waals surface area contributed by atoms with E-state index >= 15 is 0 Å². The van der Waals surface area contributed by atoms with Crippen molar-refractivity contribution in [2.24, 2.45) is 5.73 Å². The van der Waals surface area contributed by atoms with Crippen LogP contribution in [0.2, 0.25) is 0 Å². The molecule has 2 aromatic rings. The van der Waals surface area contributed by atoms with Crippen molar-refractivity contribution in [3.8, 4) is 12.1 Å². The molecule has 6 heteroatoms. The van der Waals surface area contributed by atoms with Gasteiger partial charge in [0, 0.05) is 5.69 Å². The van der Waals surface area contributed by atoms with Gasteiger partial charge in [-0.1, -0.05) is 6.07 Å². The van der Waals surface area contributed by atoms with Crippen molar-refractivity contribution in [3.63, 3.8) is 0 Å². The third kappa shape index (κ3) is 2.75. The highest BCUT2D eigenvalue weighted by atomic mass is 16.1. The number of amides is 1. The largest absolute Gasteiger partial charge is 0.397 e. The Morgan fingerprint density at radius 1 is 1.10 bits per heavy atom. The molecule has 0 saturated carbocycles. The zero-order chi connectivity index (χ0) is 15.4. The van der Waals surface area contributed by atoms with Crippen LogP contribution in [0.15, 0.2) is 36.4 Å². The number of para-hydroxylation sites is 1. The second-order valence-electron chi connectivity index (χ2n) is 4.24. The van der Waals surface area contributed by atoms with E-state index in [1.54, 1.807) is 24.3 Å². The summed E-state index contributed by atoms with van der Waals surface area (Å²) < 4.78 is 0. The maximum atomic E-state index is 11.4. The summed E-state index contributed by atoms with van der Waals surface area (Å²) in [5, 5.41) is 20.9. The van der Waals surface area contributed by atoms with Crippen LogP contribution >= 0.6 is 0 Å². The minimum atomic E-state index is -0.612. The van der Waals surface area contributed by atoms with Gasteiger partial charge in [0.25, 0.3) is 5.91 Å². The molecule has 0 aliphatic heterocycles. The second-order valence-corrected chi connectivity index (χ2v) is 4.24. The Morgan fingerprint density at radius 2 is 1.81 bits per heavy atom. The molecular weight excluding hydrogens is 266 g/mol. The molecule has 2 rings (SSSR count). The fraction of sp³-hybridized carbons (Fsp3) is 0. The van der Waals surface area contributed by atoms with Gasteiger partial charge in [0.2, 0.25) is 0 Å². The molecule has 0 unspecified atom stereocenters. The number of hydrogen-bond acceptors (Lipinski definition) is 5. The van der Waals surface area contributed by atoms with Gasteiger partial charge in [0.15, 0.2) is 0 Å². The van der Waals surface area contributed by atoms with Crippen LogP contribution in [0.5, 0.6) is 0 Å². The van der Waals surface area contributed by atoms with Gasteiger partial charge in [0.1, 0.15) is 12.1 Å². The van der Waals surface area contributed by atoms with Crippen LogP contribution in [0.4, 0.5) is 17.1 Å². The molecule has 0 aromatic heterocycles. The van der Waals surface area contributed by atoms with Crippen molar-refractivity contribution in [1.82, 2.24) is 0 Å². The third-order valence-electron chi connectivity index (χ3n) is 2.89. The minimum absolute atomic E-state index is 0.234. The maximum absolute atomic E-state index is 11.4. The van der Waals surface area contributed by atoms with Gasteiger partial charge in [-0.15, -0.1) is 0 Å². The molecule has 2 aromatic carbocycles. The van der Waals surface area contributed by atoms with Crippen LogP contribution in [0.3, 0.4) is 0 Å². The Morgan fingerprint density at radius 3 is 2.43 bits per heavy atom. The van der Waals surface area contributed by atoms with E-state index in [2.05, 4.69) is 5.32 Å². The van der Waals surface area contributed by atoms with E-state index in [0.717, 1.165) is 0 Å². The molecule has 5 N–H and O–H groups in total. The van der Waals surface area contributed by atoms with Crippen LogP contribution in [-0.2, 0) is 0 Å². The van der Waals surface area contributed by atoms with Crippen molar-refractivity contribution in [3.05, 3.63) is 53.1 Å². The summed E-state index contributed by atoms with van der Waals surface area (Å²) in [7, 11) is 0. The topological polar surface area (TPSA) is 129 Å². The minimum Gasteiger partial charge on any atom is -0.397 e. The Labute approximate surface area is 121 Å². The first-order valence-corrected chi connectivity index (χ1v) is 5.96. The molecule has 0 radical (unpaired) electrons. The van der Waals surface area contributed by atoms with E-state index in [4.69, 9.17) is 22.0 Å². The number of anilines is 3. The molecule has 0 aliphatic rings. The third-order valence-corrected chi connectivity index (χ3v) is 2.89. The lowest BCUT2D eigenvalue weighted by atomic mass is 10.1. The van der Waals surface area contributed by atoms with Gasteiger partial charge < -0.3 is 16.8 Å². The highest BCUT2D eigenvalue weighted by Gasteiger charge is 2.12. The maximum Gasteiger partial charge on any atom is 0.250 e. The number of benzene rings is 2. The number of nitrogens with zero attached hydrogens (tertiary/aromatic N) is 2. The van der Waals surface area contributed by atoms with E-state index in [1.807, 2.05) is 12.1 Å².